The number of benzene rings is 1. The van der Waals surface area contributed by atoms with Gasteiger partial charge in [-0.25, -0.2) is 9.78 Å². The summed E-state index contributed by atoms with van der Waals surface area (Å²) in [5, 5.41) is 3.44. The zero-order valence-electron chi connectivity index (χ0n) is 13.5. The minimum absolute atomic E-state index is 0.0295. The zero-order chi connectivity index (χ0) is 16.8. The number of nitrogens with one attached hydrogen (secondary N) is 1. The first kappa shape index (κ1) is 17.3. The molecule has 0 spiro atoms. The van der Waals surface area contributed by atoms with Crippen molar-refractivity contribution in [3.8, 4) is 0 Å². The first-order valence-electron chi connectivity index (χ1n) is 7.53. The summed E-state index contributed by atoms with van der Waals surface area (Å²) in [6.45, 7) is 6.20. The molecule has 0 aliphatic heterocycles. The van der Waals surface area contributed by atoms with E-state index in [2.05, 4.69) is 36.3 Å². The molecule has 5 nitrogen and oxygen atoms in total. The molecule has 1 heterocycles. The average Bonchev–Trinajstić information content (AvgIpc) is 2.49. The lowest BCUT2D eigenvalue weighted by molar-refractivity contribution is -0.122. The summed E-state index contributed by atoms with van der Waals surface area (Å²) >= 11 is 1.80. The highest BCUT2D eigenvalue weighted by atomic mass is 32.2. The van der Waals surface area contributed by atoms with Gasteiger partial charge >= 0.3 is 5.69 Å². The predicted molar refractivity (Wildman–Crippen MR) is 92.5 cm³/mol. The van der Waals surface area contributed by atoms with Gasteiger partial charge in [0.2, 0.25) is 5.91 Å². The molecule has 0 unspecified atom stereocenters. The number of hydrogen-bond acceptors (Lipinski definition) is 4. The normalized spacial score (nSPS) is 12.2. The lowest BCUT2D eigenvalue weighted by atomic mass is 10.1. The number of carbonyl (C=O) groups excluding carboxylic acids is 1. The second-order valence-corrected chi connectivity index (χ2v) is 7.20. The largest absolute Gasteiger partial charge is 0.348 e. The van der Waals surface area contributed by atoms with E-state index in [9.17, 15) is 9.59 Å². The quantitative estimate of drug-likeness (QED) is 0.827. The molecular weight excluding hydrogens is 310 g/mol. The van der Waals surface area contributed by atoms with E-state index in [1.54, 1.807) is 24.0 Å². The lowest BCUT2D eigenvalue weighted by Gasteiger charge is -2.15. The van der Waals surface area contributed by atoms with E-state index in [0.29, 0.717) is 5.25 Å². The van der Waals surface area contributed by atoms with Crippen LogP contribution in [0.3, 0.4) is 0 Å². The van der Waals surface area contributed by atoms with Crippen LogP contribution >= 0.6 is 11.8 Å². The van der Waals surface area contributed by atoms with Crippen LogP contribution in [-0.2, 0) is 11.3 Å². The summed E-state index contributed by atoms with van der Waals surface area (Å²) in [6, 6.07) is 9.68. The van der Waals surface area contributed by atoms with Crippen LogP contribution in [0.1, 0.15) is 32.4 Å². The van der Waals surface area contributed by atoms with Gasteiger partial charge in [0.25, 0.3) is 0 Å². The summed E-state index contributed by atoms with van der Waals surface area (Å²) in [5.41, 5.74) is 0.607. The number of amides is 1. The van der Waals surface area contributed by atoms with E-state index in [-0.39, 0.29) is 18.5 Å². The van der Waals surface area contributed by atoms with Crippen LogP contribution in [-0.4, -0.2) is 20.7 Å². The maximum atomic E-state index is 12.1. The van der Waals surface area contributed by atoms with Gasteiger partial charge in [-0.05, 0) is 30.7 Å². The van der Waals surface area contributed by atoms with E-state index in [1.807, 2.05) is 19.1 Å². The molecule has 0 aliphatic carbocycles. The van der Waals surface area contributed by atoms with E-state index in [1.165, 1.54) is 15.7 Å². The van der Waals surface area contributed by atoms with Crippen molar-refractivity contribution in [2.45, 2.75) is 43.5 Å². The van der Waals surface area contributed by atoms with Crippen LogP contribution in [0, 0.1) is 0 Å². The fourth-order valence-corrected chi connectivity index (χ4v) is 2.98. The molecule has 0 fully saturated rings. The van der Waals surface area contributed by atoms with Crippen molar-refractivity contribution in [1.82, 2.24) is 14.9 Å². The predicted octanol–water partition coefficient (Wildman–Crippen LogP) is 2.62. The topological polar surface area (TPSA) is 64.0 Å². The van der Waals surface area contributed by atoms with Gasteiger partial charge in [0, 0.05) is 22.5 Å². The first-order valence-corrected chi connectivity index (χ1v) is 8.41. The molecule has 1 amide bonds. The van der Waals surface area contributed by atoms with Crippen molar-refractivity contribution in [3.05, 3.63) is 58.8 Å². The van der Waals surface area contributed by atoms with Crippen LogP contribution in [0.5, 0.6) is 0 Å². The minimum Gasteiger partial charge on any atom is -0.348 e. The molecule has 122 valence electrons. The van der Waals surface area contributed by atoms with E-state index < -0.39 is 5.69 Å². The third-order valence-electron chi connectivity index (χ3n) is 3.23. The van der Waals surface area contributed by atoms with Crippen LogP contribution in [0.4, 0.5) is 0 Å². The van der Waals surface area contributed by atoms with Crippen LogP contribution < -0.4 is 11.0 Å². The molecule has 6 heteroatoms. The van der Waals surface area contributed by atoms with Crippen molar-refractivity contribution >= 4 is 17.7 Å². The highest BCUT2D eigenvalue weighted by molar-refractivity contribution is 7.99. The Labute approximate surface area is 140 Å². The summed E-state index contributed by atoms with van der Waals surface area (Å²) in [7, 11) is 0. The third kappa shape index (κ3) is 5.25. The number of aromatic nitrogens is 2. The standard InChI is InChI=1S/C17H21N3O2S/c1-12(2)23-15-7-5-14(6-8-15)13(3)19-16(21)11-20-10-4-9-18-17(20)22/h4-10,12-13H,11H2,1-3H3,(H,19,21)/t13-/m0/s1. The zero-order valence-corrected chi connectivity index (χ0v) is 14.3. The number of rotatable bonds is 6. The van der Waals surface area contributed by atoms with E-state index in [0.717, 1.165) is 5.56 Å². The second kappa shape index (κ2) is 7.97. The van der Waals surface area contributed by atoms with Gasteiger partial charge in [-0.3, -0.25) is 9.36 Å². The number of carbonyl (C=O) groups is 1. The molecule has 0 saturated carbocycles. The highest BCUT2D eigenvalue weighted by Crippen LogP contribution is 2.24. The first-order chi connectivity index (χ1) is 11.0. The van der Waals surface area contributed by atoms with Gasteiger partial charge < -0.3 is 5.32 Å². The van der Waals surface area contributed by atoms with Gasteiger partial charge in [0.1, 0.15) is 6.54 Å². The van der Waals surface area contributed by atoms with Crippen LogP contribution in [0.2, 0.25) is 0 Å². The molecule has 0 bridgehead atoms. The van der Waals surface area contributed by atoms with Gasteiger partial charge in [0.15, 0.2) is 0 Å². The second-order valence-electron chi connectivity index (χ2n) is 5.56. The lowest BCUT2D eigenvalue weighted by Crippen LogP contribution is -2.34. The van der Waals surface area contributed by atoms with Gasteiger partial charge in [-0.2, -0.15) is 0 Å². The van der Waals surface area contributed by atoms with Crippen molar-refractivity contribution in [3.63, 3.8) is 0 Å². The monoisotopic (exact) mass is 331 g/mol. The molecular formula is C17H21N3O2S. The molecule has 0 saturated heterocycles. The Kier molecular flexibility index (Phi) is 5.98. The van der Waals surface area contributed by atoms with Gasteiger partial charge in [-0.15, -0.1) is 11.8 Å². The van der Waals surface area contributed by atoms with Crippen molar-refractivity contribution < 1.29 is 4.79 Å². The van der Waals surface area contributed by atoms with E-state index in [4.69, 9.17) is 0 Å². The Morgan fingerprint density at radius 1 is 1.26 bits per heavy atom. The summed E-state index contributed by atoms with van der Waals surface area (Å²) in [5.74, 6) is -0.215. The summed E-state index contributed by atoms with van der Waals surface area (Å²) < 4.78 is 1.28. The highest BCUT2D eigenvalue weighted by Gasteiger charge is 2.11. The third-order valence-corrected chi connectivity index (χ3v) is 4.24. The number of thioether (sulfide) groups is 1. The molecule has 2 aromatic rings. The minimum atomic E-state index is -0.426. The van der Waals surface area contributed by atoms with Crippen molar-refractivity contribution in [2.24, 2.45) is 0 Å². The molecule has 1 aromatic heterocycles. The number of nitrogens with zero attached hydrogens (tertiary/aromatic N) is 2. The molecule has 0 aliphatic rings. The molecule has 0 radical (unpaired) electrons. The Morgan fingerprint density at radius 2 is 1.96 bits per heavy atom. The maximum Gasteiger partial charge on any atom is 0.347 e. The van der Waals surface area contributed by atoms with Gasteiger partial charge in [-0.1, -0.05) is 26.0 Å². The van der Waals surface area contributed by atoms with Crippen LogP contribution in [0.25, 0.3) is 0 Å². The molecule has 1 aromatic carbocycles. The Morgan fingerprint density at radius 3 is 2.57 bits per heavy atom. The van der Waals surface area contributed by atoms with Gasteiger partial charge in [0.05, 0.1) is 6.04 Å². The van der Waals surface area contributed by atoms with E-state index >= 15 is 0 Å². The smallest absolute Gasteiger partial charge is 0.347 e. The van der Waals surface area contributed by atoms with Crippen LogP contribution in [0.15, 0.2) is 52.4 Å². The molecule has 23 heavy (non-hydrogen) atoms. The molecule has 1 N–H and O–H groups in total. The Bertz CT molecular complexity index is 710. The Balaban J connectivity index is 1.95. The van der Waals surface area contributed by atoms with Crippen molar-refractivity contribution in [1.29, 1.82) is 0 Å². The molecule has 2 rings (SSSR count). The fraction of sp³-hybridized carbons (Fsp3) is 0.353. The average molecular weight is 331 g/mol. The Hall–Kier alpha value is -2.08. The number of hydrogen-bond donors (Lipinski definition) is 1. The maximum absolute atomic E-state index is 12.1. The van der Waals surface area contributed by atoms with Crippen molar-refractivity contribution in [2.75, 3.05) is 0 Å². The fourth-order valence-electron chi connectivity index (χ4n) is 2.14. The summed E-state index contributed by atoms with van der Waals surface area (Å²) in [6.07, 6.45) is 2.97. The molecule has 1 atom stereocenters. The SMILES string of the molecule is CC(C)Sc1ccc([C@H](C)NC(=O)Cn2cccnc2=O)cc1. The summed E-state index contributed by atoms with van der Waals surface area (Å²) in [4.78, 5) is 28.4.